The molecule has 0 atom stereocenters. The molecule has 6 heteroatoms. The van der Waals surface area contributed by atoms with E-state index in [2.05, 4.69) is 14.9 Å². The molecule has 17 heavy (non-hydrogen) atoms. The molecular formula is C11H13N3O2S. The molecule has 0 radical (unpaired) electrons. The summed E-state index contributed by atoms with van der Waals surface area (Å²) in [6, 6.07) is 9.35. The van der Waals surface area contributed by atoms with E-state index in [0.717, 1.165) is 5.56 Å². The normalized spacial score (nSPS) is 11.6. The number of hydrogen-bond donors (Lipinski definition) is 2. The number of rotatable bonds is 4. The average molecular weight is 251 g/mol. The fraction of sp³-hybridized carbons (Fsp3) is 0.182. The van der Waals surface area contributed by atoms with Gasteiger partial charge in [0.25, 0.3) is 0 Å². The zero-order valence-corrected chi connectivity index (χ0v) is 10.2. The number of aromatic amines is 1. The van der Waals surface area contributed by atoms with Gasteiger partial charge in [-0.15, -0.1) is 0 Å². The van der Waals surface area contributed by atoms with Gasteiger partial charge in [-0.05, 0) is 12.5 Å². The Bertz CT molecular complexity index is 590. The Morgan fingerprint density at radius 2 is 2.00 bits per heavy atom. The molecule has 1 aromatic heterocycles. The molecule has 0 spiro atoms. The Kier molecular flexibility index (Phi) is 3.26. The Balaban J connectivity index is 2.12. The van der Waals surface area contributed by atoms with Crippen LogP contribution >= 0.6 is 0 Å². The summed E-state index contributed by atoms with van der Waals surface area (Å²) in [6.07, 6.45) is 1.31. The highest BCUT2D eigenvalue weighted by Crippen LogP contribution is 2.11. The first-order valence-corrected chi connectivity index (χ1v) is 6.61. The molecule has 0 fully saturated rings. The number of aromatic nitrogens is 2. The monoisotopic (exact) mass is 251 g/mol. The van der Waals surface area contributed by atoms with E-state index < -0.39 is 10.0 Å². The maximum absolute atomic E-state index is 11.9. The first-order chi connectivity index (χ1) is 8.09. The number of nitrogens with one attached hydrogen (secondary N) is 2. The van der Waals surface area contributed by atoms with Crippen LogP contribution in [0.3, 0.4) is 0 Å². The predicted octanol–water partition coefficient (Wildman–Crippen LogP) is 1.20. The van der Waals surface area contributed by atoms with Crippen molar-refractivity contribution in [2.75, 3.05) is 0 Å². The maximum Gasteiger partial charge on any atom is 0.244 e. The number of aryl methyl sites for hydroxylation is 1. The summed E-state index contributed by atoms with van der Waals surface area (Å²) >= 11 is 0. The number of sulfonamides is 1. The lowest BCUT2D eigenvalue weighted by Gasteiger charge is -2.05. The first-order valence-electron chi connectivity index (χ1n) is 5.13. The van der Waals surface area contributed by atoms with Gasteiger partial charge in [-0.1, -0.05) is 30.3 Å². The molecule has 5 nitrogen and oxygen atoms in total. The van der Waals surface area contributed by atoms with Gasteiger partial charge in [-0.2, -0.15) is 5.10 Å². The topological polar surface area (TPSA) is 74.8 Å². The van der Waals surface area contributed by atoms with Gasteiger partial charge in [-0.25, -0.2) is 13.1 Å². The quantitative estimate of drug-likeness (QED) is 0.857. The van der Waals surface area contributed by atoms with Gasteiger partial charge in [0.2, 0.25) is 10.0 Å². The van der Waals surface area contributed by atoms with Crippen LogP contribution in [0.25, 0.3) is 0 Å². The third-order valence-electron chi connectivity index (χ3n) is 2.38. The number of hydrogen-bond acceptors (Lipinski definition) is 3. The lowest BCUT2D eigenvalue weighted by atomic mass is 10.2. The molecule has 1 heterocycles. The van der Waals surface area contributed by atoms with Crippen LogP contribution in [0.2, 0.25) is 0 Å². The molecule has 0 saturated heterocycles. The van der Waals surface area contributed by atoms with Crippen LogP contribution in [0.1, 0.15) is 11.3 Å². The van der Waals surface area contributed by atoms with Crippen molar-refractivity contribution in [3.05, 3.63) is 47.8 Å². The van der Waals surface area contributed by atoms with Crippen LogP contribution in [0, 0.1) is 6.92 Å². The second-order valence-corrected chi connectivity index (χ2v) is 5.40. The van der Waals surface area contributed by atoms with Crippen molar-refractivity contribution in [2.45, 2.75) is 18.4 Å². The Morgan fingerprint density at radius 3 is 2.59 bits per heavy atom. The molecule has 0 saturated carbocycles. The first kappa shape index (κ1) is 11.8. The van der Waals surface area contributed by atoms with Crippen LogP contribution in [0.5, 0.6) is 0 Å². The molecule has 2 rings (SSSR count). The molecule has 90 valence electrons. The van der Waals surface area contributed by atoms with Gasteiger partial charge in [0, 0.05) is 6.54 Å². The smallest absolute Gasteiger partial charge is 0.244 e. The summed E-state index contributed by atoms with van der Waals surface area (Å²) in [6.45, 7) is 1.94. The zero-order chi connectivity index (χ0) is 12.3. The molecule has 2 N–H and O–H groups in total. The minimum atomic E-state index is -3.49. The van der Waals surface area contributed by atoms with Crippen molar-refractivity contribution in [1.82, 2.24) is 14.9 Å². The highest BCUT2D eigenvalue weighted by Gasteiger charge is 2.17. The number of benzene rings is 1. The van der Waals surface area contributed by atoms with Gasteiger partial charge in [-0.3, -0.25) is 5.10 Å². The van der Waals surface area contributed by atoms with Crippen LogP contribution in [0.4, 0.5) is 0 Å². The largest absolute Gasteiger partial charge is 0.281 e. The molecule has 0 aliphatic rings. The van der Waals surface area contributed by atoms with E-state index in [1.54, 1.807) is 6.92 Å². The lowest BCUT2D eigenvalue weighted by molar-refractivity contribution is 0.581. The highest BCUT2D eigenvalue weighted by molar-refractivity contribution is 7.89. The van der Waals surface area contributed by atoms with Crippen molar-refractivity contribution in [3.63, 3.8) is 0 Å². The van der Waals surface area contributed by atoms with E-state index in [9.17, 15) is 8.42 Å². The van der Waals surface area contributed by atoms with Crippen molar-refractivity contribution >= 4 is 10.0 Å². The summed E-state index contributed by atoms with van der Waals surface area (Å²) in [7, 11) is -3.49. The van der Waals surface area contributed by atoms with E-state index in [-0.39, 0.29) is 11.4 Å². The molecule has 1 aromatic carbocycles. The van der Waals surface area contributed by atoms with Crippen molar-refractivity contribution in [3.8, 4) is 0 Å². The van der Waals surface area contributed by atoms with E-state index >= 15 is 0 Å². The van der Waals surface area contributed by atoms with Crippen molar-refractivity contribution < 1.29 is 8.42 Å². The van der Waals surface area contributed by atoms with Crippen LogP contribution in [-0.2, 0) is 16.6 Å². The Hall–Kier alpha value is -1.66. The molecule has 0 bridgehead atoms. The third kappa shape index (κ3) is 2.72. The van der Waals surface area contributed by atoms with E-state index in [1.807, 2.05) is 30.3 Å². The second-order valence-electron chi connectivity index (χ2n) is 3.67. The average Bonchev–Trinajstić information content (AvgIpc) is 2.75. The van der Waals surface area contributed by atoms with E-state index in [1.165, 1.54) is 6.20 Å². The summed E-state index contributed by atoms with van der Waals surface area (Å²) in [5.41, 5.74) is 1.45. The maximum atomic E-state index is 11.9. The van der Waals surface area contributed by atoms with Gasteiger partial charge in [0.1, 0.15) is 4.90 Å². The summed E-state index contributed by atoms with van der Waals surface area (Å²) in [4.78, 5) is 0.188. The predicted molar refractivity (Wildman–Crippen MR) is 63.8 cm³/mol. The molecular weight excluding hydrogens is 238 g/mol. The molecule has 0 aliphatic carbocycles. The SMILES string of the molecule is Cc1[nH]ncc1S(=O)(=O)NCc1ccccc1. The molecule has 0 amide bonds. The van der Waals surface area contributed by atoms with Crippen LogP contribution in [0.15, 0.2) is 41.4 Å². The minimum absolute atomic E-state index is 0.188. The zero-order valence-electron chi connectivity index (χ0n) is 9.34. The molecule has 0 unspecified atom stereocenters. The molecule has 2 aromatic rings. The fourth-order valence-electron chi connectivity index (χ4n) is 1.46. The summed E-state index contributed by atoms with van der Waals surface area (Å²) in [5.74, 6) is 0. The number of H-pyrrole nitrogens is 1. The van der Waals surface area contributed by atoms with E-state index in [4.69, 9.17) is 0 Å². The van der Waals surface area contributed by atoms with Gasteiger partial charge in [0.15, 0.2) is 0 Å². The van der Waals surface area contributed by atoms with Crippen molar-refractivity contribution in [2.24, 2.45) is 0 Å². The van der Waals surface area contributed by atoms with Crippen LogP contribution < -0.4 is 4.72 Å². The lowest BCUT2D eigenvalue weighted by Crippen LogP contribution is -2.23. The summed E-state index contributed by atoms with van der Waals surface area (Å²) in [5, 5.41) is 6.30. The van der Waals surface area contributed by atoms with Gasteiger partial charge in [0.05, 0.1) is 11.9 Å². The molecule has 0 aliphatic heterocycles. The summed E-state index contributed by atoms with van der Waals surface area (Å²) < 4.78 is 26.4. The van der Waals surface area contributed by atoms with Crippen molar-refractivity contribution in [1.29, 1.82) is 0 Å². The third-order valence-corrected chi connectivity index (χ3v) is 3.90. The highest BCUT2D eigenvalue weighted by atomic mass is 32.2. The van der Waals surface area contributed by atoms with Crippen LogP contribution in [-0.4, -0.2) is 18.6 Å². The Labute approximate surface area is 99.9 Å². The minimum Gasteiger partial charge on any atom is -0.281 e. The Morgan fingerprint density at radius 1 is 1.29 bits per heavy atom. The van der Waals surface area contributed by atoms with E-state index in [0.29, 0.717) is 5.69 Å². The van der Waals surface area contributed by atoms with Gasteiger partial charge >= 0.3 is 0 Å². The second kappa shape index (κ2) is 4.68. The number of nitrogens with zero attached hydrogens (tertiary/aromatic N) is 1. The fourth-order valence-corrected chi connectivity index (χ4v) is 2.61. The van der Waals surface area contributed by atoms with Gasteiger partial charge < -0.3 is 0 Å². The standard InChI is InChI=1S/C11H13N3O2S/c1-9-11(8-12-14-9)17(15,16)13-7-10-5-3-2-4-6-10/h2-6,8,13H,7H2,1H3,(H,12,14).